The standard InChI is InChI=1S/C14H18BrFN2O2/c1-8(12(19)18-14(2,3)4)17-13(20)9-6-5-7-10(16)11(9)15/h5-8H,1-4H3,(H,17,20)(H,18,19). The van der Waals surface area contributed by atoms with Crippen molar-refractivity contribution < 1.29 is 14.0 Å². The quantitative estimate of drug-likeness (QED) is 0.885. The Morgan fingerprint density at radius 3 is 2.45 bits per heavy atom. The summed E-state index contributed by atoms with van der Waals surface area (Å²) in [5.41, 5.74) is -0.226. The molecule has 1 rings (SSSR count). The van der Waals surface area contributed by atoms with Crippen molar-refractivity contribution in [1.82, 2.24) is 10.6 Å². The highest BCUT2D eigenvalue weighted by Crippen LogP contribution is 2.20. The molecule has 4 nitrogen and oxygen atoms in total. The molecule has 1 aromatic carbocycles. The second kappa shape index (κ2) is 6.35. The van der Waals surface area contributed by atoms with Crippen LogP contribution in [0.1, 0.15) is 38.1 Å². The van der Waals surface area contributed by atoms with Gasteiger partial charge in [-0.2, -0.15) is 0 Å². The molecule has 6 heteroatoms. The maximum Gasteiger partial charge on any atom is 0.253 e. The first-order valence-corrected chi connectivity index (χ1v) is 6.98. The molecular weight excluding hydrogens is 327 g/mol. The average Bonchev–Trinajstić information content (AvgIpc) is 2.30. The van der Waals surface area contributed by atoms with E-state index in [1.54, 1.807) is 6.92 Å². The van der Waals surface area contributed by atoms with Crippen LogP contribution in [0.25, 0.3) is 0 Å². The third kappa shape index (κ3) is 4.59. The summed E-state index contributed by atoms with van der Waals surface area (Å²) in [6.45, 7) is 7.12. The van der Waals surface area contributed by atoms with E-state index in [-0.39, 0.29) is 21.5 Å². The molecule has 20 heavy (non-hydrogen) atoms. The molecule has 0 aliphatic heterocycles. The summed E-state index contributed by atoms with van der Waals surface area (Å²) in [4.78, 5) is 23.9. The number of amides is 2. The van der Waals surface area contributed by atoms with E-state index in [1.807, 2.05) is 20.8 Å². The number of carbonyl (C=O) groups excluding carboxylic acids is 2. The van der Waals surface area contributed by atoms with Gasteiger partial charge in [-0.1, -0.05) is 6.07 Å². The maximum absolute atomic E-state index is 13.4. The van der Waals surface area contributed by atoms with Crippen LogP contribution in [0.4, 0.5) is 4.39 Å². The molecule has 110 valence electrons. The minimum atomic E-state index is -0.711. The van der Waals surface area contributed by atoms with E-state index in [9.17, 15) is 14.0 Å². The van der Waals surface area contributed by atoms with Gasteiger partial charge in [-0.25, -0.2) is 4.39 Å². The van der Waals surface area contributed by atoms with Crippen LogP contribution in [0, 0.1) is 5.82 Å². The van der Waals surface area contributed by atoms with E-state index in [1.165, 1.54) is 18.2 Å². The molecule has 0 saturated heterocycles. The summed E-state index contributed by atoms with van der Waals surface area (Å²) in [7, 11) is 0. The van der Waals surface area contributed by atoms with Gasteiger partial charge in [0.05, 0.1) is 10.0 Å². The summed E-state index contributed by atoms with van der Waals surface area (Å²) in [5, 5.41) is 5.30. The Hall–Kier alpha value is -1.43. The number of hydrogen-bond donors (Lipinski definition) is 2. The fourth-order valence-corrected chi connectivity index (χ4v) is 1.94. The van der Waals surface area contributed by atoms with Crippen LogP contribution < -0.4 is 10.6 Å². The summed E-state index contributed by atoms with van der Waals surface area (Å²) in [5.74, 6) is -1.32. The van der Waals surface area contributed by atoms with Crippen LogP contribution in [-0.2, 0) is 4.79 Å². The summed E-state index contributed by atoms with van der Waals surface area (Å²) >= 11 is 3.02. The zero-order valence-electron chi connectivity index (χ0n) is 11.9. The normalized spacial score (nSPS) is 12.7. The highest BCUT2D eigenvalue weighted by atomic mass is 79.9. The van der Waals surface area contributed by atoms with E-state index >= 15 is 0 Å². The van der Waals surface area contributed by atoms with Crippen LogP contribution in [0.2, 0.25) is 0 Å². The molecular formula is C14H18BrFN2O2. The smallest absolute Gasteiger partial charge is 0.253 e. The molecule has 0 saturated carbocycles. The van der Waals surface area contributed by atoms with Crippen LogP contribution in [0.3, 0.4) is 0 Å². The highest BCUT2D eigenvalue weighted by molar-refractivity contribution is 9.10. The predicted molar refractivity (Wildman–Crippen MR) is 78.9 cm³/mol. The molecule has 1 aromatic rings. The average molecular weight is 345 g/mol. The van der Waals surface area contributed by atoms with Crippen LogP contribution in [0.15, 0.2) is 22.7 Å². The van der Waals surface area contributed by atoms with Crippen molar-refractivity contribution in [3.8, 4) is 0 Å². The fraction of sp³-hybridized carbons (Fsp3) is 0.429. The van der Waals surface area contributed by atoms with Gasteiger partial charge in [0.1, 0.15) is 11.9 Å². The third-order valence-electron chi connectivity index (χ3n) is 2.44. The number of rotatable bonds is 3. The minimum absolute atomic E-state index is 0.0842. The van der Waals surface area contributed by atoms with Crippen molar-refractivity contribution in [2.75, 3.05) is 0 Å². The van der Waals surface area contributed by atoms with Gasteiger partial charge in [-0.15, -0.1) is 0 Å². The largest absolute Gasteiger partial charge is 0.350 e. The lowest BCUT2D eigenvalue weighted by Crippen LogP contribution is -2.50. The summed E-state index contributed by atoms with van der Waals surface area (Å²) in [6, 6.07) is 3.46. The van der Waals surface area contributed by atoms with Crippen molar-refractivity contribution in [2.45, 2.75) is 39.3 Å². The Kier molecular flexibility index (Phi) is 5.28. The van der Waals surface area contributed by atoms with Crippen molar-refractivity contribution in [2.24, 2.45) is 0 Å². The van der Waals surface area contributed by atoms with Gasteiger partial charge >= 0.3 is 0 Å². The minimum Gasteiger partial charge on any atom is -0.350 e. The van der Waals surface area contributed by atoms with Gasteiger partial charge in [0, 0.05) is 5.54 Å². The number of halogens is 2. The molecule has 0 bridgehead atoms. The SMILES string of the molecule is CC(NC(=O)c1cccc(F)c1Br)C(=O)NC(C)(C)C. The molecule has 0 radical (unpaired) electrons. The Morgan fingerprint density at radius 2 is 1.90 bits per heavy atom. The molecule has 2 amide bonds. The first-order valence-electron chi connectivity index (χ1n) is 6.18. The van der Waals surface area contributed by atoms with E-state index in [4.69, 9.17) is 0 Å². The van der Waals surface area contributed by atoms with Gasteiger partial charge in [0.2, 0.25) is 5.91 Å². The molecule has 1 unspecified atom stereocenters. The van der Waals surface area contributed by atoms with E-state index in [0.717, 1.165) is 0 Å². The van der Waals surface area contributed by atoms with Gasteiger partial charge in [-0.3, -0.25) is 9.59 Å². The zero-order valence-corrected chi connectivity index (χ0v) is 13.5. The lowest BCUT2D eigenvalue weighted by molar-refractivity contribution is -0.124. The number of benzene rings is 1. The van der Waals surface area contributed by atoms with E-state index in [0.29, 0.717) is 0 Å². The molecule has 0 spiro atoms. The van der Waals surface area contributed by atoms with Crippen LogP contribution in [-0.4, -0.2) is 23.4 Å². The first kappa shape index (κ1) is 16.6. The number of hydrogen-bond acceptors (Lipinski definition) is 2. The lowest BCUT2D eigenvalue weighted by atomic mass is 10.1. The van der Waals surface area contributed by atoms with Crippen molar-refractivity contribution in [3.63, 3.8) is 0 Å². The van der Waals surface area contributed by atoms with E-state index in [2.05, 4.69) is 26.6 Å². The van der Waals surface area contributed by atoms with Gasteiger partial charge in [-0.05, 0) is 55.8 Å². The zero-order chi connectivity index (χ0) is 15.5. The molecule has 0 aromatic heterocycles. The Bertz CT molecular complexity index is 526. The Balaban J connectivity index is 2.76. The maximum atomic E-state index is 13.4. The Morgan fingerprint density at radius 1 is 1.30 bits per heavy atom. The summed E-state index contributed by atoms with van der Waals surface area (Å²) in [6.07, 6.45) is 0. The molecule has 0 heterocycles. The number of nitrogens with one attached hydrogen (secondary N) is 2. The third-order valence-corrected chi connectivity index (χ3v) is 3.24. The monoisotopic (exact) mass is 344 g/mol. The van der Waals surface area contributed by atoms with E-state index < -0.39 is 17.8 Å². The molecule has 0 aliphatic carbocycles. The molecule has 2 N–H and O–H groups in total. The first-order chi connectivity index (χ1) is 9.11. The second-order valence-corrected chi connectivity index (χ2v) is 6.33. The van der Waals surface area contributed by atoms with Crippen molar-refractivity contribution >= 4 is 27.7 Å². The fourth-order valence-electron chi connectivity index (χ4n) is 1.50. The Labute approximate surface area is 126 Å². The second-order valence-electron chi connectivity index (χ2n) is 5.54. The topological polar surface area (TPSA) is 58.2 Å². The van der Waals surface area contributed by atoms with Crippen LogP contribution in [0.5, 0.6) is 0 Å². The van der Waals surface area contributed by atoms with Crippen molar-refractivity contribution in [3.05, 3.63) is 34.1 Å². The van der Waals surface area contributed by atoms with Crippen LogP contribution >= 0.6 is 15.9 Å². The molecule has 1 atom stereocenters. The molecule has 0 fully saturated rings. The van der Waals surface area contributed by atoms with Gasteiger partial charge in [0.25, 0.3) is 5.91 Å². The predicted octanol–water partition coefficient (Wildman–Crippen LogP) is 2.62. The molecule has 0 aliphatic rings. The lowest BCUT2D eigenvalue weighted by Gasteiger charge is -2.23. The summed E-state index contributed by atoms with van der Waals surface area (Å²) < 4.78 is 13.4. The van der Waals surface area contributed by atoms with Crippen molar-refractivity contribution in [1.29, 1.82) is 0 Å². The van der Waals surface area contributed by atoms with Gasteiger partial charge < -0.3 is 10.6 Å². The number of carbonyl (C=O) groups is 2. The van der Waals surface area contributed by atoms with Gasteiger partial charge in [0.15, 0.2) is 0 Å². The highest BCUT2D eigenvalue weighted by Gasteiger charge is 2.22.